The van der Waals surface area contributed by atoms with E-state index in [-0.39, 0.29) is 17.7 Å². The van der Waals surface area contributed by atoms with Crippen molar-refractivity contribution in [2.24, 2.45) is 0 Å². The van der Waals surface area contributed by atoms with Crippen molar-refractivity contribution >= 4 is 46.7 Å². The molecule has 1 aliphatic heterocycles. The number of nitrogens with one attached hydrogen (secondary N) is 2. The predicted octanol–water partition coefficient (Wildman–Crippen LogP) is 2.91. The van der Waals surface area contributed by atoms with Crippen molar-refractivity contribution in [3.63, 3.8) is 0 Å². The standard InChI is InChI=1S/C21H20Cl2N8O/c22-15-3-1-2-14(17(15)23)18-19(24)28-16(12-27-18)30-8-10-31(11-9-30)21(25)29-20(32)13-4-6-26-7-5-13/h1-7,12H,8-11H2,(H2,24,28)(H2,25,29,32). The van der Waals surface area contributed by atoms with Crippen LogP contribution in [0.15, 0.2) is 48.9 Å². The lowest BCUT2D eigenvalue weighted by atomic mass is 10.1. The maximum Gasteiger partial charge on any atom is 0.258 e. The van der Waals surface area contributed by atoms with Crippen molar-refractivity contribution in [3.05, 3.63) is 64.5 Å². The molecule has 164 valence electrons. The minimum Gasteiger partial charge on any atom is -0.382 e. The minimum atomic E-state index is -0.339. The quantitative estimate of drug-likeness (QED) is 0.396. The summed E-state index contributed by atoms with van der Waals surface area (Å²) >= 11 is 12.4. The van der Waals surface area contributed by atoms with Crippen LogP contribution in [0, 0.1) is 5.41 Å². The normalized spacial score (nSPS) is 13.7. The highest BCUT2D eigenvalue weighted by Crippen LogP contribution is 2.35. The van der Waals surface area contributed by atoms with E-state index in [9.17, 15) is 4.79 Å². The van der Waals surface area contributed by atoms with Gasteiger partial charge in [-0.25, -0.2) is 9.97 Å². The van der Waals surface area contributed by atoms with Gasteiger partial charge in [-0.05, 0) is 18.2 Å². The molecule has 2 aromatic heterocycles. The number of carbonyl (C=O) groups is 1. The third kappa shape index (κ3) is 4.58. The molecule has 0 aliphatic carbocycles. The Hall–Kier alpha value is -3.43. The number of halogens is 2. The molecule has 0 unspecified atom stereocenters. The number of amides is 1. The van der Waals surface area contributed by atoms with Gasteiger partial charge in [-0.2, -0.15) is 0 Å². The highest BCUT2D eigenvalue weighted by atomic mass is 35.5. The molecule has 3 heterocycles. The number of benzene rings is 1. The van der Waals surface area contributed by atoms with E-state index < -0.39 is 0 Å². The van der Waals surface area contributed by atoms with Crippen molar-refractivity contribution in [2.75, 3.05) is 36.8 Å². The Bertz CT molecular complexity index is 1150. The van der Waals surface area contributed by atoms with E-state index in [2.05, 4.69) is 20.3 Å². The average molecular weight is 471 g/mol. The molecule has 0 spiro atoms. The van der Waals surface area contributed by atoms with Crippen LogP contribution in [-0.4, -0.2) is 57.9 Å². The van der Waals surface area contributed by atoms with E-state index in [1.807, 2.05) is 4.90 Å². The number of piperazine rings is 1. The van der Waals surface area contributed by atoms with E-state index in [4.69, 9.17) is 34.3 Å². The van der Waals surface area contributed by atoms with E-state index in [0.29, 0.717) is 58.9 Å². The van der Waals surface area contributed by atoms with Gasteiger partial charge in [0.2, 0.25) is 0 Å². The summed E-state index contributed by atoms with van der Waals surface area (Å²) in [6.07, 6.45) is 4.72. The molecule has 0 bridgehead atoms. The summed E-state index contributed by atoms with van der Waals surface area (Å²) in [6.45, 7) is 2.27. The second-order valence-corrected chi connectivity index (χ2v) is 7.86. The second kappa shape index (κ2) is 9.37. The van der Waals surface area contributed by atoms with Crippen molar-refractivity contribution in [1.82, 2.24) is 25.2 Å². The van der Waals surface area contributed by atoms with Crippen LogP contribution < -0.4 is 16.0 Å². The van der Waals surface area contributed by atoms with Gasteiger partial charge in [0, 0.05) is 49.7 Å². The van der Waals surface area contributed by atoms with Gasteiger partial charge in [0.05, 0.1) is 16.2 Å². The average Bonchev–Trinajstić information content (AvgIpc) is 2.81. The molecule has 1 fully saturated rings. The summed E-state index contributed by atoms with van der Waals surface area (Å²) in [5.41, 5.74) is 7.72. The number of rotatable bonds is 3. The van der Waals surface area contributed by atoms with Crippen LogP contribution in [0.1, 0.15) is 10.4 Å². The molecule has 1 amide bonds. The van der Waals surface area contributed by atoms with Gasteiger partial charge < -0.3 is 15.5 Å². The molecular weight excluding hydrogens is 451 g/mol. The topological polar surface area (TPSA) is 124 Å². The van der Waals surface area contributed by atoms with E-state index >= 15 is 0 Å². The molecule has 1 saturated heterocycles. The Balaban J connectivity index is 1.39. The van der Waals surface area contributed by atoms with E-state index in [1.54, 1.807) is 41.4 Å². The molecule has 3 aromatic rings. The molecular formula is C21H20Cl2N8O. The first-order valence-electron chi connectivity index (χ1n) is 9.81. The van der Waals surface area contributed by atoms with Gasteiger partial charge >= 0.3 is 0 Å². The lowest BCUT2D eigenvalue weighted by Crippen LogP contribution is -2.53. The van der Waals surface area contributed by atoms with Crippen LogP contribution >= 0.6 is 23.2 Å². The number of anilines is 2. The predicted molar refractivity (Wildman–Crippen MR) is 125 cm³/mol. The van der Waals surface area contributed by atoms with Crippen LogP contribution in [0.2, 0.25) is 10.0 Å². The number of nitrogen functional groups attached to an aromatic ring is 1. The van der Waals surface area contributed by atoms with Crippen molar-refractivity contribution in [3.8, 4) is 11.3 Å². The molecule has 0 atom stereocenters. The molecule has 1 aliphatic rings. The van der Waals surface area contributed by atoms with E-state index in [1.165, 1.54) is 12.4 Å². The summed E-state index contributed by atoms with van der Waals surface area (Å²) < 4.78 is 0. The summed E-state index contributed by atoms with van der Waals surface area (Å²) in [6, 6.07) is 8.47. The van der Waals surface area contributed by atoms with Gasteiger partial charge in [0.1, 0.15) is 11.5 Å². The number of hydrogen-bond donors (Lipinski definition) is 3. The largest absolute Gasteiger partial charge is 0.382 e. The number of aromatic nitrogens is 3. The fraction of sp³-hybridized carbons (Fsp3) is 0.190. The molecule has 0 saturated carbocycles. The maximum atomic E-state index is 12.2. The zero-order valence-corrected chi connectivity index (χ0v) is 18.4. The first-order valence-corrected chi connectivity index (χ1v) is 10.6. The number of nitrogens with two attached hydrogens (primary N) is 1. The minimum absolute atomic E-state index is 0.0583. The smallest absolute Gasteiger partial charge is 0.258 e. The fourth-order valence-electron chi connectivity index (χ4n) is 3.36. The molecule has 11 heteroatoms. The molecule has 4 N–H and O–H groups in total. The molecule has 4 rings (SSSR count). The molecule has 32 heavy (non-hydrogen) atoms. The Morgan fingerprint density at radius 3 is 2.50 bits per heavy atom. The Morgan fingerprint density at radius 1 is 1.09 bits per heavy atom. The highest BCUT2D eigenvalue weighted by molar-refractivity contribution is 6.43. The van der Waals surface area contributed by atoms with Crippen LogP contribution in [0.25, 0.3) is 11.3 Å². The highest BCUT2D eigenvalue weighted by Gasteiger charge is 2.23. The first kappa shape index (κ1) is 21.8. The van der Waals surface area contributed by atoms with Crippen molar-refractivity contribution in [1.29, 1.82) is 5.41 Å². The molecule has 9 nitrogen and oxygen atoms in total. The van der Waals surface area contributed by atoms with Gasteiger partial charge in [0.25, 0.3) is 5.91 Å². The van der Waals surface area contributed by atoms with Crippen molar-refractivity contribution in [2.45, 2.75) is 0 Å². The van der Waals surface area contributed by atoms with Crippen LogP contribution in [0.5, 0.6) is 0 Å². The van der Waals surface area contributed by atoms with Crippen LogP contribution in [-0.2, 0) is 0 Å². The van der Waals surface area contributed by atoms with Crippen LogP contribution in [0.3, 0.4) is 0 Å². The summed E-state index contributed by atoms with van der Waals surface area (Å²) in [5, 5.41) is 11.6. The summed E-state index contributed by atoms with van der Waals surface area (Å²) in [5.74, 6) is 0.611. The summed E-state index contributed by atoms with van der Waals surface area (Å²) in [4.78, 5) is 28.9. The van der Waals surface area contributed by atoms with Gasteiger partial charge in [0.15, 0.2) is 11.8 Å². The third-order valence-electron chi connectivity index (χ3n) is 5.09. The van der Waals surface area contributed by atoms with E-state index in [0.717, 1.165) is 0 Å². The SMILES string of the molecule is N=C(NC(=O)c1ccncc1)N1CCN(c2cnc(-c3cccc(Cl)c3Cl)c(N)n2)CC1. The van der Waals surface area contributed by atoms with Crippen molar-refractivity contribution < 1.29 is 4.79 Å². The third-order valence-corrected chi connectivity index (χ3v) is 5.91. The molecule has 0 radical (unpaired) electrons. The zero-order valence-electron chi connectivity index (χ0n) is 16.9. The number of nitrogens with zero attached hydrogens (tertiary/aromatic N) is 5. The zero-order chi connectivity index (χ0) is 22.7. The number of carbonyl (C=O) groups excluding carboxylic acids is 1. The first-order chi connectivity index (χ1) is 15.4. The Morgan fingerprint density at radius 2 is 1.81 bits per heavy atom. The lowest BCUT2D eigenvalue weighted by Gasteiger charge is -2.36. The number of guanidine groups is 1. The second-order valence-electron chi connectivity index (χ2n) is 7.08. The van der Waals surface area contributed by atoms with Crippen LogP contribution in [0.4, 0.5) is 11.6 Å². The number of pyridine rings is 1. The van der Waals surface area contributed by atoms with Gasteiger partial charge in [-0.15, -0.1) is 0 Å². The number of hydrogen-bond acceptors (Lipinski definition) is 7. The lowest BCUT2D eigenvalue weighted by molar-refractivity contribution is 0.0971. The maximum absolute atomic E-state index is 12.2. The molecule has 1 aromatic carbocycles. The summed E-state index contributed by atoms with van der Waals surface area (Å²) in [7, 11) is 0. The van der Waals surface area contributed by atoms with Gasteiger partial charge in [-0.1, -0.05) is 35.3 Å². The monoisotopic (exact) mass is 470 g/mol. The van der Waals surface area contributed by atoms with Gasteiger partial charge in [-0.3, -0.25) is 20.5 Å². The Kier molecular flexibility index (Phi) is 6.38. The Labute approximate surface area is 194 Å². The fourth-order valence-corrected chi connectivity index (χ4v) is 3.75.